The van der Waals surface area contributed by atoms with Crippen LogP contribution in [0.15, 0.2) is 129 Å². The standard InChI is InChI=1S/C27H27F2N9O3.C22H16F2N8O3/c1-35-10-6-17(7-11-35)38-15-19(13-31-38)40-18-4-5-23(41-27(28)29)20(12-18)24-22(16-36(2)34-24)33-26(39)21-14-32-37-9-3-8-30-25(21)37;1-31-12-16(28-21(33)15-11-27-32-9-3-7-25-20(15)32)19(30-31)14-10-13(5-6-17(14)35-22(23)24)34-18-4-2-8-26-29-18/h3-5,8-9,12-17,27H,6-7,10-11H2,1-2H3,(H,33,39);2-12,22H,1H3,(H,28,33). The topological polar surface area (TPSA) is 238 Å². The fraction of sp³-hybridized carbons (Fsp3) is 0.204. The number of amides is 2. The summed E-state index contributed by atoms with van der Waals surface area (Å²) in [6, 6.07) is 15.6. The number of nitrogens with one attached hydrogen (secondary N) is 2. The van der Waals surface area contributed by atoms with E-state index in [9.17, 15) is 27.2 Å². The molecule has 2 N–H and O–H groups in total. The van der Waals surface area contributed by atoms with Gasteiger partial charge in [-0.2, -0.15) is 48.2 Å². The smallest absolute Gasteiger partial charge is 0.387 e. The van der Waals surface area contributed by atoms with Gasteiger partial charge in [0.15, 0.2) is 17.0 Å². The van der Waals surface area contributed by atoms with Gasteiger partial charge in [-0.25, -0.2) is 19.0 Å². The van der Waals surface area contributed by atoms with Gasteiger partial charge in [-0.3, -0.25) is 23.6 Å². The highest BCUT2D eigenvalue weighted by Crippen LogP contribution is 2.40. The van der Waals surface area contributed by atoms with Gasteiger partial charge in [0.05, 0.1) is 53.3 Å². The molecule has 23 nitrogen and oxygen atoms in total. The molecular formula is C49H43F4N17O6. The van der Waals surface area contributed by atoms with E-state index in [2.05, 4.69) is 68.2 Å². The van der Waals surface area contributed by atoms with Crippen LogP contribution in [0.2, 0.25) is 0 Å². The van der Waals surface area contributed by atoms with Crippen LogP contribution in [0.4, 0.5) is 28.9 Å². The summed E-state index contributed by atoms with van der Waals surface area (Å²) in [6.07, 6.45) is 19.2. The van der Waals surface area contributed by atoms with Gasteiger partial charge in [0.1, 0.15) is 45.5 Å². The van der Waals surface area contributed by atoms with Crippen LogP contribution < -0.4 is 29.6 Å². The first-order chi connectivity index (χ1) is 36.8. The molecule has 2 amide bonds. The number of aryl methyl sites for hydroxylation is 2. The quantitative estimate of drug-likeness (QED) is 0.0931. The Labute approximate surface area is 427 Å². The summed E-state index contributed by atoms with van der Waals surface area (Å²) < 4.78 is 81.9. The number of anilines is 2. The van der Waals surface area contributed by atoms with Crippen molar-refractivity contribution in [1.82, 2.24) is 73.6 Å². The molecule has 0 bridgehead atoms. The van der Waals surface area contributed by atoms with Crippen LogP contribution >= 0.6 is 0 Å². The van der Waals surface area contributed by atoms with Crippen molar-refractivity contribution < 1.29 is 46.1 Å². The first kappa shape index (κ1) is 49.8. The minimum absolute atomic E-state index is 0.124. The normalized spacial score (nSPS) is 13.0. The van der Waals surface area contributed by atoms with E-state index in [1.807, 2.05) is 10.9 Å². The summed E-state index contributed by atoms with van der Waals surface area (Å²) in [7, 11) is 5.38. The highest BCUT2D eigenvalue weighted by atomic mass is 19.3. The molecule has 8 aromatic heterocycles. The number of halogens is 4. The van der Waals surface area contributed by atoms with E-state index in [1.165, 1.54) is 73.5 Å². The Morgan fingerprint density at radius 3 is 1.68 bits per heavy atom. The van der Waals surface area contributed by atoms with Crippen LogP contribution in [0, 0.1) is 0 Å². The number of piperidine rings is 1. The zero-order valence-corrected chi connectivity index (χ0v) is 40.4. The van der Waals surface area contributed by atoms with Crippen LogP contribution in [0.25, 0.3) is 33.8 Å². The number of likely N-dealkylation sites (tertiary alicyclic amines) is 1. The summed E-state index contributed by atoms with van der Waals surface area (Å²) in [6.45, 7) is -4.16. The lowest BCUT2D eigenvalue weighted by molar-refractivity contribution is -0.0501. The van der Waals surface area contributed by atoms with Crippen molar-refractivity contribution in [2.24, 2.45) is 14.1 Å². The number of hydrogen-bond acceptors (Lipinski definition) is 16. The maximum absolute atomic E-state index is 13.3. The van der Waals surface area contributed by atoms with Gasteiger partial charge >= 0.3 is 13.2 Å². The second-order valence-electron chi connectivity index (χ2n) is 17.0. The number of benzene rings is 2. The molecule has 1 aliphatic heterocycles. The minimum atomic E-state index is -3.08. The van der Waals surface area contributed by atoms with E-state index in [0.717, 1.165) is 25.9 Å². The maximum atomic E-state index is 13.3. The van der Waals surface area contributed by atoms with Crippen molar-refractivity contribution in [1.29, 1.82) is 0 Å². The van der Waals surface area contributed by atoms with Crippen molar-refractivity contribution in [3.8, 4) is 57.1 Å². The molecule has 0 aliphatic carbocycles. The van der Waals surface area contributed by atoms with Crippen molar-refractivity contribution in [2.45, 2.75) is 32.1 Å². The van der Waals surface area contributed by atoms with Gasteiger partial charge in [-0.1, -0.05) is 0 Å². The molecule has 27 heteroatoms. The van der Waals surface area contributed by atoms with Crippen molar-refractivity contribution >= 4 is 34.5 Å². The highest BCUT2D eigenvalue weighted by Gasteiger charge is 2.25. The maximum Gasteiger partial charge on any atom is 0.387 e. The number of ether oxygens (including phenoxy) is 4. The van der Waals surface area contributed by atoms with Crippen molar-refractivity contribution in [2.75, 3.05) is 30.8 Å². The SMILES string of the molecule is CN1CCC(n2cc(Oc3ccc(OC(F)F)c(-c4nn(C)cc4NC(=O)c4cnn5cccnc45)c3)cn2)CC1.Cn1cc(NC(=O)c2cnn3cccnc23)c(-c2cc(Oc3cccnn3)ccc2OC(F)F)n1. The van der Waals surface area contributed by atoms with E-state index in [0.29, 0.717) is 22.8 Å². The van der Waals surface area contributed by atoms with Gasteiger partial charge in [0.2, 0.25) is 5.88 Å². The fourth-order valence-corrected chi connectivity index (χ4v) is 8.26. The van der Waals surface area contributed by atoms with Gasteiger partial charge < -0.3 is 34.5 Å². The number of aromatic nitrogens is 14. The van der Waals surface area contributed by atoms with E-state index in [4.69, 9.17) is 18.9 Å². The van der Waals surface area contributed by atoms with Gasteiger partial charge in [-0.15, -0.1) is 5.10 Å². The number of hydrogen-bond donors (Lipinski definition) is 2. The zero-order valence-electron chi connectivity index (χ0n) is 40.4. The molecule has 76 heavy (non-hydrogen) atoms. The monoisotopic (exact) mass is 1040 g/mol. The average molecular weight is 1040 g/mol. The van der Waals surface area contributed by atoms with Gasteiger partial charge in [0.25, 0.3) is 11.8 Å². The van der Waals surface area contributed by atoms with Crippen LogP contribution in [-0.4, -0.2) is 119 Å². The number of carbonyl (C=O) groups is 2. The molecule has 388 valence electrons. The Balaban J connectivity index is 0.000000175. The molecule has 1 fully saturated rings. The van der Waals surface area contributed by atoms with E-state index in [1.54, 1.807) is 81.6 Å². The Kier molecular flexibility index (Phi) is 14.2. The van der Waals surface area contributed by atoms with Gasteiger partial charge in [0, 0.05) is 63.5 Å². The Morgan fingerprint density at radius 2 is 1.17 bits per heavy atom. The largest absolute Gasteiger partial charge is 0.454 e. The third-order valence-electron chi connectivity index (χ3n) is 11.7. The number of fused-ring (bicyclic) bond motifs is 2. The minimum Gasteiger partial charge on any atom is -0.454 e. The molecule has 1 aliphatic rings. The molecule has 0 atom stereocenters. The molecule has 0 saturated carbocycles. The average Bonchev–Trinajstić information content (AvgIpc) is 4.27. The zero-order chi connectivity index (χ0) is 52.9. The Morgan fingerprint density at radius 1 is 0.632 bits per heavy atom. The lowest BCUT2D eigenvalue weighted by Crippen LogP contribution is -2.31. The molecule has 0 unspecified atom stereocenters. The number of nitrogens with zero attached hydrogens (tertiary/aromatic N) is 15. The molecule has 1 saturated heterocycles. The number of rotatable bonds is 15. The lowest BCUT2D eigenvalue weighted by atomic mass is 10.1. The van der Waals surface area contributed by atoms with Crippen molar-refractivity contribution in [3.63, 3.8) is 0 Å². The third kappa shape index (κ3) is 11.2. The van der Waals surface area contributed by atoms with E-state index >= 15 is 0 Å². The molecule has 2 aromatic carbocycles. The summed E-state index contributed by atoms with van der Waals surface area (Å²) in [5.74, 6) is 0.0774. The fourth-order valence-electron chi connectivity index (χ4n) is 8.26. The first-order valence-electron chi connectivity index (χ1n) is 23.1. The van der Waals surface area contributed by atoms with E-state index < -0.39 is 25.0 Å². The summed E-state index contributed by atoms with van der Waals surface area (Å²) in [5, 5.41) is 34.6. The second kappa shape index (κ2) is 21.7. The Hall–Kier alpha value is -9.79. The lowest BCUT2D eigenvalue weighted by Gasteiger charge is -2.28. The molecule has 0 radical (unpaired) electrons. The second-order valence-corrected chi connectivity index (χ2v) is 17.0. The molecule has 11 rings (SSSR count). The number of carbonyl (C=O) groups excluding carboxylic acids is 2. The predicted octanol–water partition coefficient (Wildman–Crippen LogP) is 7.80. The van der Waals surface area contributed by atoms with Gasteiger partial charge in [-0.05, 0) is 87.6 Å². The van der Waals surface area contributed by atoms with Crippen LogP contribution in [-0.2, 0) is 14.1 Å². The summed E-state index contributed by atoms with van der Waals surface area (Å²) in [4.78, 5) is 36.9. The van der Waals surface area contributed by atoms with Crippen LogP contribution in [0.5, 0.6) is 34.6 Å². The Bertz CT molecular complexity index is 3670. The van der Waals surface area contributed by atoms with E-state index in [-0.39, 0.29) is 74.2 Å². The first-order valence-corrected chi connectivity index (χ1v) is 23.1. The highest BCUT2D eigenvalue weighted by molar-refractivity contribution is 6.10. The van der Waals surface area contributed by atoms with Crippen LogP contribution in [0.1, 0.15) is 39.6 Å². The summed E-state index contributed by atoms with van der Waals surface area (Å²) >= 11 is 0. The molecule has 0 spiro atoms. The van der Waals surface area contributed by atoms with Crippen LogP contribution in [0.3, 0.4) is 0 Å². The molecule has 9 heterocycles. The predicted molar refractivity (Wildman–Crippen MR) is 263 cm³/mol. The third-order valence-corrected chi connectivity index (χ3v) is 11.7. The van der Waals surface area contributed by atoms with Crippen molar-refractivity contribution in [3.05, 3.63) is 140 Å². The summed E-state index contributed by atoms with van der Waals surface area (Å²) in [5.41, 5.74) is 2.50. The molecular weight excluding hydrogens is 999 g/mol. The molecule has 10 aromatic rings. The number of alkyl halides is 4.